The van der Waals surface area contributed by atoms with Crippen molar-refractivity contribution in [1.82, 2.24) is 0 Å². The zero-order chi connectivity index (χ0) is 10.6. The Morgan fingerprint density at radius 3 is 2.43 bits per heavy atom. The molecule has 0 amide bonds. The van der Waals surface area contributed by atoms with Gasteiger partial charge in [-0.2, -0.15) is 0 Å². The van der Waals surface area contributed by atoms with Crippen LogP contribution in [-0.4, -0.2) is 29.6 Å². The number of ether oxygens (including phenoxy) is 1. The van der Waals surface area contributed by atoms with Gasteiger partial charge in [-0.1, -0.05) is 12.8 Å². The summed E-state index contributed by atoms with van der Waals surface area (Å²) in [4.78, 5) is 22.1. The van der Waals surface area contributed by atoms with E-state index in [0.29, 0.717) is 12.8 Å². The van der Waals surface area contributed by atoms with Crippen molar-refractivity contribution in [1.29, 1.82) is 0 Å². The van der Waals surface area contributed by atoms with Crippen molar-refractivity contribution in [2.24, 2.45) is 0 Å². The summed E-state index contributed by atoms with van der Waals surface area (Å²) in [6.07, 6.45) is 3.12. The van der Waals surface area contributed by atoms with Crippen LogP contribution in [0.4, 0.5) is 0 Å². The summed E-state index contributed by atoms with van der Waals surface area (Å²) in [7, 11) is 1.25. The Balaban J connectivity index is 2.36. The first-order valence-corrected chi connectivity index (χ1v) is 4.87. The number of aliphatic hydroxyl groups is 1. The molecule has 4 nitrogen and oxygen atoms in total. The molecule has 80 valence electrons. The number of carbonyl (C=O) groups excluding carboxylic acids is 2. The minimum absolute atomic E-state index is 0.0854. The summed E-state index contributed by atoms with van der Waals surface area (Å²) in [6, 6.07) is 0. The maximum atomic E-state index is 11.3. The lowest BCUT2D eigenvalue weighted by molar-refractivity contribution is -0.144. The van der Waals surface area contributed by atoms with Crippen molar-refractivity contribution in [3.05, 3.63) is 0 Å². The van der Waals surface area contributed by atoms with Gasteiger partial charge in [0.15, 0.2) is 0 Å². The monoisotopic (exact) mass is 200 g/mol. The van der Waals surface area contributed by atoms with Gasteiger partial charge in [0.1, 0.15) is 12.2 Å². The van der Waals surface area contributed by atoms with Crippen LogP contribution in [0.5, 0.6) is 0 Å². The van der Waals surface area contributed by atoms with E-state index in [9.17, 15) is 14.7 Å². The van der Waals surface area contributed by atoms with Gasteiger partial charge in [-0.3, -0.25) is 9.59 Å². The van der Waals surface area contributed by atoms with E-state index in [1.54, 1.807) is 0 Å². The van der Waals surface area contributed by atoms with Crippen molar-refractivity contribution in [2.45, 2.75) is 44.1 Å². The van der Waals surface area contributed by atoms with E-state index in [1.165, 1.54) is 7.11 Å². The molecular weight excluding hydrogens is 184 g/mol. The summed E-state index contributed by atoms with van der Waals surface area (Å²) in [5.74, 6) is -0.766. The minimum atomic E-state index is -0.856. The topological polar surface area (TPSA) is 63.6 Å². The van der Waals surface area contributed by atoms with Crippen molar-refractivity contribution in [3.63, 3.8) is 0 Å². The summed E-state index contributed by atoms with van der Waals surface area (Å²) >= 11 is 0. The van der Waals surface area contributed by atoms with Crippen LogP contribution in [0, 0.1) is 0 Å². The van der Waals surface area contributed by atoms with Gasteiger partial charge >= 0.3 is 5.97 Å². The van der Waals surface area contributed by atoms with Gasteiger partial charge in [0.25, 0.3) is 0 Å². The lowest BCUT2D eigenvalue weighted by Crippen LogP contribution is -2.28. The lowest BCUT2D eigenvalue weighted by Gasteiger charge is -2.20. The molecule has 0 aromatic rings. The third kappa shape index (κ3) is 3.10. The second kappa shape index (κ2) is 4.55. The van der Waals surface area contributed by atoms with Crippen LogP contribution in [0.3, 0.4) is 0 Å². The van der Waals surface area contributed by atoms with Gasteiger partial charge in [-0.05, 0) is 12.8 Å². The Morgan fingerprint density at radius 1 is 1.36 bits per heavy atom. The number of hydrogen-bond donors (Lipinski definition) is 1. The predicted octanol–water partition coefficient (Wildman–Crippen LogP) is 0.814. The maximum absolute atomic E-state index is 11.3. The molecule has 0 aromatic carbocycles. The molecule has 1 aliphatic rings. The minimum Gasteiger partial charge on any atom is -0.469 e. The summed E-state index contributed by atoms with van der Waals surface area (Å²) in [5, 5.41) is 9.87. The molecule has 0 atom stereocenters. The smallest absolute Gasteiger partial charge is 0.313 e. The van der Waals surface area contributed by atoms with E-state index in [2.05, 4.69) is 4.74 Å². The van der Waals surface area contributed by atoms with Gasteiger partial charge in [-0.15, -0.1) is 0 Å². The fraction of sp³-hybridized carbons (Fsp3) is 0.800. The molecule has 0 heterocycles. The average Bonchev–Trinajstić information content (AvgIpc) is 2.51. The number of rotatable bonds is 4. The van der Waals surface area contributed by atoms with E-state index < -0.39 is 11.6 Å². The maximum Gasteiger partial charge on any atom is 0.313 e. The Labute approximate surface area is 83.2 Å². The fourth-order valence-corrected chi connectivity index (χ4v) is 1.87. The molecule has 4 heteroatoms. The number of ketones is 1. The summed E-state index contributed by atoms with van der Waals surface area (Å²) < 4.78 is 4.38. The normalized spacial score (nSPS) is 19.3. The molecule has 1 rings (SSSR count). The zero-order valence-electron chi connectivity index (χ0n) is 8.41. The van der Waals surface area contributed by atoms with Crippen LogP contribution in [0.25, 0.3) is 0 Å². The first-order valence-electron chi connectivity index (χ1n) is 4.87. The van der Waals surface area contributed by atoms with Gasteiger partial charge in [-0.25, -0.2) is 0 Å². The molecule has 0 radical (unpaired) electrons. The molecule has 0 saturated heterocycles. The highest BCUT2D eigenvalue weighted by Gasteiger charge is 2.33. The van der Waals surface area contributed by atoms with Crippen molar-refractivity contribution in [2.75, 3.05) is 7.11 Å². The second-order valence-corrected chi connectivity index (χ2v) is 3.90. The van der Waals surface area contributed by atoms with Crippen molar-refractivity contribution >= 4 is 11.8 Å². The van der Waals surface area contributed by atoms with Gasteiger partial charge in [0.2, 0.25) is 0 Å². The summed E-state index contributed by atoms with van der Waals surface area (Å²) in [5.41, 5.74) is -0.856. The Kier molecular flexibility index (Phi) is 3.63. The van der Waals surface area contributed by atoms with Crippen LogP contribution < -0.4 is 0 Å². The molecule has 1 N–H and O–H groups in total. The van der Waals surface area contributed by atoms with Crippen LogP contribution in [0.2, 0.25) is 0 Å². The van der Waals surface area contributed by atoms with Crippen molar-refractivity contribution in [3.8, 4) is 0 Å². The SMILES string of the molecule is COC(=O)CC(=O)CC1(O)CCCC1. The third-order valence-electron chi connectivity index (χ3n) is 2.63. The van der Waals surface area contributed by atoms with E-state index in [0.717, 1.165) is 12.8 Å². The Bertz CT molecular complexity index is 228. The van der Waals surface area contributed by atoms with Crippen molar-refractivity contribution < 1.29 is 19.4 Å². The first kappa shape index (κ1) is 11.2. The quantitative estimate of drug-likeness (QED) is 0.539. The average molecular weight is 200 g/mol. The van der Waals surface area contributed by atoms with Gasteiger partial charge in [0.05, 0.1) is 12.7 Å². The molecule has 0 aromatic heterocycles. The third-order valence-corrected chi connectivity index (χ3v) is 2.63. The van der Waals surface area contributed by atoms with Crippen LogP contribution in [0.15, 0.2) is 0 Å². The van der Waals surface area contributed by atoms with Gasteiger partial charge in [0, 0.05) is 6.42 Å². The van der Waals surface area contributed by atoms with Crippen LogP contribution in [-0.2, 0) is 14.3 Å². The van der Waals surface area contributed by atoms with E-state index in [-0.39, 0.29) is 18.6 Å². The zero-order valence-corrected chi connectivity index (χ0v) is 8.41. The second-order valence-electron chi connectivity index (χ2n) is 3.90. The molecule has 14 heavy (non-hydrogen) atoms. The Morgan fingerprint density at radius 2 is 1.93 bits per heavy atom. The number of carbonyl (C=O) groups is 2. The molecule has 1 saturated carbocycles. The largest absolute Gasteiger partial charge is 0.469 e. The lowest BCUT2D eigenvalue weighted by atomic mass is 9.94. The summed E-state index contributed by atoms with van der Waals surface area (Å²) in [6.45, 7) is 0. The highest BCUT2D eigenvalue weighted by atomic mass is 16.5. The highest BCUT2D eigenvalue weighted by Crippen LogP contribution is 2.32. The molecule has 1 aliphatic carbocycles. The van der Waals surface area contributed by atoms with Crippen LogP contribution >= 0.6 is 0 Å². The fourth-order valence-electron chi connectivity index (χ4n) is 1.87. The van der Waals surface area contributed by atoms with E-state index in [1.807, 2.05) is 0 Å². The van der Waals surface area contributed by atoms with E-state index in [4.69, 9.17) is 0 Å². The Hall–Kier alpha value is -0.900. The molecule has 0 aliphatic heterocycles. The highest BCUT2D eigenvalue weighted by molar-refractivity contribution is 5.95. The molecule has 0 spiro atoms. The number of hydrogen-bond acceptors (Lipinski definition) is 4. The van der Waals surface area contributed by atoms with E-state index >= 15 is 0 Å². The van der Waals surface area contributed by atoms with Crippen LogP contribution in [0.1, 0.15) is 38.5 Å². The van der Waals surface area contributed by atoms with Gasteiger partial charge < -0.3 is 9.84 Å². The first-order chi connectivity index (χ1) is 6.56. The standard InChI is InChI=1S/C10H16O4/c1-14-9(12)6-8(11)7-10(13)4-2-3-5-10/h13H,2-7H2,1H3. The molecule has 1 fully saturated rings. The number of esters is 1. The predicted molar refractivity (Wildman–Crippen MR) is 49.7 cm³/mol. The number of Topliss-reactive ketones (excluding diaryl/α,β-unsaturated/α-hetero) is 1. The molecule has 0 bridgehead atoms. The molecule has 0 unspecified atom stereocenters. The number of methoxy groups -OCH3 is 1. The molecular formula is C10H16O4.